The summed E-state index contributed by atoms with van der Waals surface area (Å²) in [4.78, 5) is 13.9. The Morgan fingerprint density at radius 2 is 2.38 bits per heavy atom. The van der Waals surface area contributed by atoms with Crippen LogP contribution in [-0.4, -0.2) is 35.4 Å². The van der Waals surface area contributed by atoms with Crippen LogP contribution in [0.15, 0.2) is 30.6 Å². The van der Waals surface area contributed by atoms with Gasteiger partial charge in [0.2, 0.25) is 0 Å². The molecule has 0 bridgehead atoms. The highest BCUT2D eigenvalue weighted by molar-refractivity contribution is 5.89. The molecule has 3 rings (SSSR count). The van der Waals surface area contributed by atoms with Gasteiger partial charge in [0.1, 0.15) is 5.82 Å². The van der Waals surface area contributed by atoms with Crippen LogP contribution >= 0.6 is 0 Å². The van der Waals surface area contributed by atoms with Gasteiger partial charge in [0.15, 0.2) is 0 Å². The number of hydrogen-bond acceptors (Lipinski definition) is 4. The molecule has 1 atom stereocenters. The number of carbonyl (C=O) groups is 1. The Labute approximate surface area is 138 Å². The summed E-state index contributed by atoms with van der Waals surface area (Å²) in [6, 6.07) is 5.97. The number of piperidine rings is 1. The largest absolute Gasteiger partial charge is 0.367 e. The first-order valence-electron chi connectivity index (χ1n) is 7.66. The molecule has 1 fully saturated rings. The van der Waals surface area contributed by atoms with E-state index in [0.29, 0.717) is 30.0 Å². The van der Waals surface area contributed by atoms with E-state index < -0.39 is 5.82 Å². The molecule has 124 valence electrons. The lowest BCUT2D eigenvalue weighted by Crippen LogP contribution is -2.49. The quantitative estimate of drug-likeness (QED) is 0.805. The second-order valence-electron chi connectivity index (χ2n) is 5.65. The van der Waals surface area contributed by atoms with Gasteiger partial charge in [-0.05, 0) is 31.0 Å². The van der Waals surface area contributed by atoms with E-state index in [1.807, 2.05) is 11.0 Å². The second kappa shape index (κ2) is 7.00. The molecule has 2 heterocycles. The van der Waals surface area contributed by atoms with Gasteiger partial charge < -0.3 is 15.5 Å². The number of nitrogens with one attached hydrogen (secondary N) is 3. The van der Waals surface area contributed by atoms with Crippen LogP contribution in [0.1, 0.15) is 18.4 Å². The smallest absolute Gasteiger partial charge is 0.319 e. The summed E-state index contributed by atoms with van der Waals surface area (Å²) in [6.45, 7) is 1.23. The van der Waals surface area contributed by atoms with Crippen LogP contribution in [0.4, 0.5) is 20.6 Å². The number of hydrogen-bond donors (Lipinski definition) is 3. The predicted octanol–water partition coefficient (Wildman–Crippen LogP) is 2.21. The van der Waals surface area contributed by atoms with Crippen molar-refractivity contribution < 1.29 is 9.18 Å². The number of rotatable bonds is 3. The average molecular weight is 328 g/mol. The van der Waals surface area contributed by atoms with E-state index in [4.69, 9.17) is 5.26 Å². The molecular weight excluding hydrogens is 311 g/mol. The lowest BCUT2D eigenvalue weighted by Gasteiger charge is -2.34. The molecule has 2 aromatic rings. The third kappa shape index (κ3) is 3.63. The van der Waals surface area contributed by atoms with Gasteiger partial charge in [-0.15, -0.1) is 0 Å². The number of H-pyrrole nitrogens is 1. The number of aromatic nitrogens is 2. The molecule has 0 saturated carbocycles. The Morgan fingerprint density at radius 3 is 3.08 bits per heavy atom. The summed E-state index contributed by atoms with van der Waals surface area (Å²) in [5.74, 6) is -0.419. The van der Waals surface area contributed by atoms with E-state index in [1.54, 1.807) is 18.3 Å². The molecule has 1 aromatic heterocycles. The topological polar surface area (TPSA) is 96.8 Å². The van der Waals surface area contributed by atoms with E-state index in [2.05, 4.69) is 20.8 Å². The zero-order chi connectivity index (χ0) is 16.9. The Balaban J connectivity index is 1.62. The summed E-state index contributed by atoms with van der Waals surface area (Å²) >= 11 is 0. The van der Waals surface area contributed by atoms with Gasteiger partial charge in [-0.25, -0.2) is 9.18 Å². The summed E-state index contributed by atoms with van der Waals surface area (Å²) in [7, 11) is 0. The van der Waals surface area contributed by atoms with E-state index >= 15 is 0 Å². The molecule has 8 heteroatoms. The minimum absolute atomic E-state index is 0.0827. The maximum Gasteiger partial charge on any atom is 0.319 e. The third-order valence-electron chi connectivity index (χ3n) is 3.93. The van der Waals surface area contributed by atoms with Crippen molar-refractivity contribution in [1.29, 1.82) is 5.26 Å². The van der Waals surface area contributed by atoms with E-state index in [0.717, 1.165) is 12.8 Å². The van der Waals surface area contributed by atoms with E-state index in [1.165, 1.54) is 12.3 Å². The van der Waals surface area contributed by atoms with Crippen LogP contribution in [0.3, 0.4) is 0 Å². The van der Waals surface area contributed by atoms with Crippen molar-refractivity contribution in [3.05, 3.63) is 42.0 Å². The second-order valence-corrected chi connectivity index (χ2v) is 5.65. The molecule has 0 radical (unpaired) electrons. The number of amides is 2. The first-order valence-corrected chi connectivity index (χ1v) is 7.66. The highest BCUT2D eigenvalue weighted by Gasteiger charge is 2.23. The van der Waals surface area contributed by atoms with Gasteiger partial charge in [-0.1, -0.05) is 0 Å². The van der Waals surface area contributed by atoms with Crippen LogP contribution in [0.25, 0.3) is 0 Å². The maximum absolute atomic E-state index is 14.2. The molecule has 7 nitrogen and oxygen atoms in total. The lowest BCUT2D eigenvalue weighted by atomic mass is 10.0. The lowest BCUT2D eigenvalue weighted by molar-refractivity contribution is 0.246. The minimum atomic E-state index is -0.419. The van der Waals surface area contributed by atoms with Crippen LogP contribution in [0.5, 0.6) is 0 Å². The van der Waals surface area contributed by atoms with Crippen LogP contribution in [0.2, 0.25) is 0 Å². The van der Waals surface area contributed by atoms with Gasteiger partial charge >= 0.3 is 6.03 Å². The fourth-order valence-corrected chi connectivity index (χ4v) is 2.82. The van der Waals surface area contributed by atoms with Gasteiger partial charge in [0.05, 0.1) is 29.2 Å². The number of halogens is 1. The number of benzene rings is 1. The molecule has 1 aliphatic heterocycles. The number of nitrogens with zero attached hydrogens (tertiary/aromatic N) is 3. The summed E-state index contributed by atoms with van der Waals surface area (Å²) in [5.41, 5.74) is 1.33. The van der Waals surface area contributed by atoms with Gasteiger partial charge in [-0.3, -0.25) is 5.10 Å². The predicted molar refractivity (Wildman–Crippen MR) is 87.1 cm³/mol. The van der Waals surface area contributed by atoms with Crippen molar-refractivity contribution in [2.45, 2.75) is 18.9 Å². The van der Waals surface area contributed by atoms with Gasteiger partial charge in [-0.2, -0.15) is 10.4 Å². The maximum atomic E-state index is 14.2. The zero-order valence-corrected chi connectivity index (χ0v) is 12.9. The molecule has 0 aliphatic carbocycles. The van der Waals surface area contributed by atoms with Crippen molar-refractivity contribution in [3.63, 3.8) is 0 Å². The Kier molecular flexibility index (Phi) is 4.61. The molecule has 3 N–H and O–H groups in total. The van der Waals surface area contributed by atoms with Crippen LogP contribution in [0, 0.1) is 17.1 Å². The highest BCUT2D eigenvalue weighted by Crippen LogP contribution is 2.24. The molecule has 1 aromatic carbocycles. The molecule has 0 spiro atoms. The number of carbonyl (C=O) groups excluding carboxylic acids is 1. The standard InChI is InChI=1S/C16H17FN6O/c17-14-6-11(7-18)3-4-15(14)23-5-1-2-12(10-23)21-16(24)22-13-8-19-20-9-13/h3-4,6,8-9,12H,1-2,5,10H2,(H,19,20)(H2,21,22,24)/t12-/m0/s1. The fourth-order valence-electron chi connectivity index (χ4n) is 2.82. The average Bonchev–Trinajstić information content (AvgIpc) is 3.07. The van der Waals surface area contributed by atoms with Crippen molar-refractivity contribution >= 4 is 17.4 Å². The molecule has 0 unspecified atom stereocenters. The molecule has 24 heavy (non-hydrogen) atoms. The van der Waals surface area contributed by atoms with Crippen LogP contribution in [-0.2, 0) is 0 Å². The molecule has 2 amide bonds. The summed E-state index contributed by atoms with van der Waals surface area (Å²) < 4.78 is 14.2. The summed E-state index contributed by atoms with van der Waals surface area (Å²) in [5, 5.41) is 20.8. The summed E-state index contributed by atoms with van der Waals surface area (Å²) in [6.07, 6.45) is 4.76. The first-order chi connectivity index (χ1) is 11.7. The Hall–Kier alpha value is -3.08. The van der Waals surface area contributed by atoms with E-state index in [9.17, 15) is 9.18 Å². The molecule has 1 saturated heterocycles. The van der Waals surface area contributed by atoms with Crippen molar-refractivity contribution in [1.82, 2.24) is 15.5 Å². The minimum Gasteiger partial charge on any atom is -0.367 e. The monoisotopic (exact) mass is 328 g/mol. The zero-order valence-electron chi connectivity index (χ0n) is 12.9. The van der Waals surface area contributed by atoms with E-state index in [-0.39, 0.29) is 12.1 Å². The highest BCUT2D eigenvalue weighted by atomic mass is 19.1. The van der Waals surface area contributed by atoms with Gasteiger partial charge in [0, 0.05) is 25.3 Å². The number of urea groups is 1. The van der Waals surface area contributed by atoms with Crippen molar-refractivity contribution in [2.75, 3.05) is 23.3 Å². The Morgan fingerprint density at radius 1 is 1.50 bits per heavy atom. The normalized spacial score (nSPS) is 17.2. The SMILES string of the molecule is N#Cc1ccc(N2CCC[C@H](NC(=O)Nc3cn[nH]c3)C2)c(F)c1. The number of aromatic amines is 1. The molecule has 1 aliphatic rings. The van der Waals surface area contributed by atoms with Gasteiger partial charge in [0.25, 0.3) is 0 Å². The molecular formula is C16H17FN6O. The fraction of sp³-hybridized carbons (Fsp3) is 0.312. The Bertz CT molecular complexity index is 754. The first kappa shape index (κ1) is 15.8. The third-order valence-corrected chi connectivity index (χ3v) is 3.93. The number of nitriles is 1. The van der Waals surface area contributed by atoms with Crippen molar-refractivity contribution in [2.24, 2.45) is 0 Å². The number of anilines is 2. The van der Waals surface area contributed by atoms with Crippen LogP contribution < -0.4 is 15.5 Å². The van der Waals surface area contributed by atoms with Crippen molar-refractivity contribution in [3.8, 4) is 6.07 Å².